The maximum Gasteiger partial charge on any atom is 0.0499 e. The molecule has 1 aliphatic carbocycles. The van der Waals surface area contributed by atoms with Crippen LogP contribution in [0.1, 0.15) is 37.3 Å². The lowest BCUT2D eigenvalue weighted by Crippen LogP contribution is -2.33. The second-order valence-corrected chi connectivity index (χ2v) is 11.3. The second-order valence-electron chi connectivity index (χ2n) is 11.3. The molecule has 1 heteroatoms. The Morgan fingerprint density at radius 1 is 0.658 bits per heavy atom. The largest absolute Gasteiger partial charge is 0.313 e. The van der Waals surface area contributed by atoms with Crippen molar-refractivity contribution in [3.8, 4) is 22.3 Å². The molecule has 1 nitrogen and oxygen atoms in total. The van der Waals surface area contributed by atoms with Crippen LogP contribution in [0.4, 0.5) is 11.4 Å². The van der Waals surface area contributed by atoms with Gasteiger partial charge >= 0.3 is 0 Å². The Hall–Kier alpha value is -4.36. The summed E-state index contributed by atoms with van der Waals surface area (Å²) in [6.45, 7) is 4.76. The van der Waals surface area contributed by atoms with Crippen LogP contribution in [0.5, 0.6) is 0 Å². The topological polar surface area (TPSA) is 3.24 Å². The molecule has 2 heterocycles. The van der Waals surface area contributed by atoms with Crippen LogP contribution in [0.2, 0.25) is 0 Å². The number of para-hydroxylation sites is 1. The molecule has 0 fully saturated rings. The average molecular weight is 488 g/mol. The van der Waals surface area contributed by atoms with Gasteiger partial charge in [0, 0.05) is 28.4 Å². The van der Waals surface area contributed by atoms with Crippen LogP contribution in [0.3, 0.4) is 0 Å². The molecule has 38 heavy (non-hydrogen) atoms. The maximum absolute atomic E-state index is 2.55. The summed E-state index contributed by atoms with van der Waals surface area (Å²) < 4.78 is 0. The van der Waals surface area contributed by atoms with Gasteiger partial charge in [-0.1, -0.05) is 111 Å². The fraction of sp³-hybridized carbons (Fsp3) is 0.135. The van der Waals surface area contributed by atoms with Crippen LogP contribution in [0.25, 0.3) is 33.0 Å². The minimum absolute atomic E-state index is 0.00878. The fourth-order valence-electron chi connectivity index (χ4n) is 7.07. The summed E-state index contributed by atoms with van der Waals surface area (Å²) in [5, 5.41) is 2.56. The van der Waals surface area contributed by atoms with Crippen LogP contribution >= 0.6 is 0 Å². The highest BCUT2D eigenvalue weighted by molar-refractivity contribution is 5.93. The lowest BCUT2D eigenvalue weighted by Gasteiger charge is -2.42. The molecular weight excluding hydrogens is 458 g/mol. The van der Waals surface area contributed by atoms with Gasteiger partial charge < -0.3 is 4.90 Å². The third-order valence-corrected chi connectivity index (χ3v) is 8.94. The van der Waals surface area contributed by atoms with Crippen LogP contribution in [-0.2, 0) is 5.41 Å². The van der Waals surface area contributed by atoms with Crippen molar-refractivity contribution in [1.82, 2.24) is 0 Å². The first-order valence-corrected chi connectivity index (χ1v) is 13.6. The van der Waals surface area contributed by atoms with Gasteiger partial charge in [0.05, 0.1) is 0 Å². The Labute approximate surface area is 224 Å². The van der Waals surface area contributed by atoms with Crippen molar-refractivity contribution in [2.75, 3.05) is 4.90 Å². The van der Waals surface area contributed by atoms with Crippen molar-refractivity contribution in [3.05, 3.63) is 144 Å². The third-order valence-electron chi connectivity index (χ3n) is 8.94. The smallest absolute Gasteiger partial charge is 0.0499 e. The molecule has 0 saturated heterocycles. The molecule has 0 spiro atoms. The van der Waals surface area contributed by atoms with E-state index in [9.17, 15) is 0 Å². The Bertz CT molecular complexity index is 1830. The summed E-state index contributed by atoms with van der Waals surface area (Å²) in [4.78, 5) is 2.55. The predicted octanol–water partition coefficient (Wildman–Crippen LogP) is 9.91. The van der Waals surface area contributed by atoms with Gasteiger partial charge in [0.2, 0.25) is 0 Å². The summed E-state index contributed by atoms with van der Waals surface area (Å²) in [7, 11) is 0. The maximum atomic E-state index is 2.55. The van der Waals surface area contributed by atoms with Crippen molar-refractivity contribution in [2.45, 2.75) is 31.6 Å². The number of hydrogen-bond acceptors (Lipinski definition) is 1. The van der Waals surface area contributed by atoms with Crippen LogP contribution in [-0.4, -0.2) is 0 Å². The van der Waals surface area contributed by atoms with Crippen molar-refractivity contribution in [2.24, 2.45) is 0 Å². The minimum atomic E-state index is -0.00878. The van der Waals surface area contributed by atoms with Crippen molar-refractivity contribution in [3.63, 3.8) is 0 Å². The van der Waals surface area contributed by atoms with Crippen LogP contribution < -0.4 is 4.90 Å². The second kappa shape index (κ2) is 7.82. The summed E-state index contributed by atoms with van der Waals surface area (Å²) in [6.07, 6.45) is 5.83. The van der Waals surface area contributed by atoms with Gasteiger partial charge in [-0.25, -0.2) is 0 Å². The molecule has 0 N–H and O–H groups in total. The number of allylic oxidation sites excluding steroid dienone is 4. The Kier molecular flexibility index (Phi) is 4.47. The SMILES string of the molecule is CC1(C)C2=C3C(CC=C2)c2cc(-c4ccccc4-c4ccc5ccccc5c4)ccc2N3c2ccccc21. The quantitative estimate of drug-likeness (QED) is 0.239. The number of fused-ring (bicyclic) bond motifs is 6. The lowest BCUT2D eigenvalue weighted by atomic mass is 9.70. The highest BCUT2D eigenvalue weighted by atomic mass is 15.2. The Morgan fingerprint density at radius 3 is 2.18 bits per heavy atom. The molecule has 5 aromatic carbocycles. The van der Waals surface area contributed by atoms with E-state index >= 15 is 0 Å². The van der Waals surface area contributed by atoms with Gasteiger partial charge in [-0.05, 0) is 80.4 Å². The number of benzene rings is 5. The van der Waals surface area contributed by atoms with Gasteiger partial charge in [0.1, 0.15) is 0 Å². The third kappa shape index (κ3) is 2.93. The first kappa shape index (κ1) is 21.7. The molecule has 0 amide bonds. The molecule has 0 radical (unpaired) electrons. The highest BCUT2D eigenvalue weighted by Gasteiger charge is 2.46. The standard InChI is InChI=1S/C37H29N/c1-37(2)32-15-7-8-17-35(32)38-34-21-20-27(23-31(34)30-14-9-16-33(37)36(30)38)29-13-6-5-12-28(29)26-19-18-24-10-3-4-11-25(24)22-26/h3-13,15-23,30H,14H2,1-2H3. The van der Waals surface area contributed by atoms with Gasteiger partial charge in [0.15, 0.2) is 0 Å². The summed E-state index contributed by atoms with van der Waals surface area (Å²) >= 11 is 0. The van der Waals surface area contributed by atoms with E-state index in [1.54, 1.807) is 0 Å². The van der Waals surface area contributed by atoms with Crippen LogP contribution in [0, 0.1) is 0 Å². The normalized spacial score (nSPS) is 18.4. The predicted molar refractivity (Wildman–Crippen MR) is 160 cm³/mol. The molecule has 1 unspecified atom stereocenters. The number of rotatable bonds is 2. The average Bonchev–Trinajstić information content (AvgIpc) is 3.30. The lowest BCUT2D eigenvalue weighted by molar-refractivity contribution is 0.598. The zero-order valence-corrected chi connectivity index (χ0v) is 21.8. The van der Waals surface area contributed by atoms with Crippen molar-refractivity contribution < 1.29 is 0 Å². The van der Waals surface area contributed by atoms with E-state index in [4.69, 9.17) is 0 Å². The van der Waals surface area contributed by atoms with Gasteiger partial charge in [-0.15, -0.1) is 0 Å². The zero-order chi connectivity index (χ0) is 25.4. The van der Waals surface area contributed by atoms with Crippen molar-refractivity contribution >= 4 is 22.1 Å². The number of nitrogens with zero attached hydrogens (tertiary/aromatic N) is 1. The summed E-state index contributed by atoms with van der Waals surface area (Å²) in [5.74, 6) is 0.394. The summed E-state index contributed by atoms with van der Waals surface area (Å²) in [5.41, 5.74) is 13.6. The van der Waals surface area contributed by atoms with E-state index in [0.29, 0.717) is 5.92 Å². The monoisotopic (exact) mass is 487 g/mol. The molecule has 182 valence electrons. The fourth-order valence-corrected chi connectivity index (χ4v) is 7.07. The summed E-state index contributed by atoms with van der Waals surface area (Å²) in [6, 6.07) is 40.4. The van der Waals surface area contributed by atoms with E-state index in [2.05, 4.69) is 140 Å². The molecule has 2 aliphatic heterocycles. The van der Waals surface area contributed by atoms with E-state index in [-0.39, 0.29) is 5.41 Å². The first-order chi connectivity index (χ1) is 18.6. The molecule has 0 aromatic heterocycles. The molecule has 5 aromatic rings. The van der Waals surface area contributed by atoms with E-state index in [0.717, 1.165) is 6.42 Å². The Morgan fingerprint density at radius 2 is 1.34 bits per heavy atom. The van der Waals surface area contributed by atoms with Crippen molar-refractivity contribution in [1.29, 1.82) is 0 Å². The minimum Gasteiger partial charge on any atom is -0.313 e. The van der Waals surface area contributed by atoms with E-state index in [1.165, 1.54) is 66.8 Å². The first-order valence-electron chi connectivity index (χ1n) is 13.6. The number of anilines is 2. The zero-order valence-electron chi connectivity index (χ0n) is 21.8. The molecule has 8 rings (SSSR count). The van der Waals surface area contributed by atoms with Gasteiger partial charge in [-0.2, -0.15) is 0 Å². The Balaban J connectivity index is 1.31. The molecule has 3 aliphatic rings. The molecule has 0 bridgehead atoms. The number of hydrogen-bond donors (Lipinski definition) is 0. The molecule has 0 saturated carbocycles. The van der Waals surface area contributed by atoms with Gasteiger partial charge in [-0.3, -0.25) is 0 Å². The molecule has 1 atom stereocenters. The van der Waals surface area contributed by atoms with E-state index < -0.39 is 0 Å². The van der Waals surface area contributed by atoms with E-state index in [1.807, 2.05) is 0 Å². The highest BCUT2D eigenvalue weighted by Crippen LogP contribution is 2.59. The van der Waals surface area contributed by atoms with Gasteiger partial charge in [0.25, 0.3) is 0 Å². The van der Waals surface area contributed by atoms with Crippen LogP contribution in [0.15, 0.2) is 133 Å². The molecular formula is C37H29N.